The monoisotopic (exact) mass is 379 g/mol. The Hall–Kier alpha value is -3.29. The molecule has 0 spiro atoms. The van der Waals surface area contributed by atoms with Gasteiger partial charge in [0, 0.05) is 50.7 Å². The van der Waals surface area contributed by atoms with Crippen molar-refractivity contribution in [3.8, 4) is 0 Å². The van der Waals surface area contributed by atoms with Crippen LogP contribution in [0.1, 0.15) is 23.7 Å². The van der Waals surface area contributed by atoms with Crippen LogP contribution in [0.4, 0.5) is 0 Å². The third-order valence-electron chi connectivity index (χ3n) is 5.34. The Morgan fingerprint density at radius 2 is 1.96 bits per heavy atom. The summed E-state index contributed by atoms with van der Waals surface area (Å²) in [5, 5.41) is 0.412. The molecule has 0 bridgehead atoms. The normalized spacial score (nSPS) is 16.6. The van der Waals surface area contributed by atoms with E-state index < -0.39 is 5.69 Å². The van der Waals surface area contributed by atoms with Crippen LogP contribution in [0.3, 0.4) is 0 Å². The highest BCUT2D eigenvalue weighted by molar-refractivity contribution is 5.79. The van der Waals surface area contributed by atoms with Crippen LogP contribution in [0.15, 0.2) is 46.1 Å². The highest BCUT2D eigenvalue weighted by atomic mass is 16.2. The van der Waals surface area contributed by atoms with Crippen molar-refractivity contribution in [1.29, 1.82) is 0 Å². The molecule has 1 atom stereocenters. The van der Waals surface area contributed by atoms with Crippen molar-refractivity contribution in [3.63, 3.8) is 0 Å². The number of carbonyl (C=O) groups excluding carboxylic acids is 1. The van der Waals surface area contributed by atoms with Gasteiger partial charge < -0.3 is 4.90 Å². The second-order valence-electron chi connectivity index (χ2n) is 7.14. The van der Waals surface area contributed by atoms with Crippen molar-refractivity contribution in [2.45, 2.75) is 18.8 Å². The van der Waals surface area contributed by atoms with E-state index >= 15 is 0 Å². The standard InChI is InChI=1S/C20H21N5O3/c1-23-18-15(19(27)24(2)20(23)28)6-7-16(22-18)13-8-10-25(12-13)17(26)11-14-5-3-4-9-21-14/h3-7,9,13H,8,10-12H2,1-2H3/t13-/m1/s1. The molecule has 0 radical (unpaired) electrons. The van der Waals surface area contributed by atoms with Gasteiger partial charge >= 0.3 is 5.69 Å². The van der Waals surface area contributed by atoms with Crippen LogP contribution in [0.5, 0.6) is 0 Å². The van der Waals surface area contributed by atoms with E-state index in [1.807, 2.05) is 29.2 Å². The van der Waals surface area contributed by atoms with Gasteiger partial charge in [0.2, 0.25) is 5.91 Å². The van der Waals surface area contributed by atoms with E-state index in [4.69, 9.17) is 0 Å². The van der Waals surface area contributed by atoms with Gasteiger partial charge in [0.05, 0.1) is 11.8 Å². The molecule has 0 aliphatic carbocycles. The predicted octanol–water partition coefficient (Wildman–Crippen LogP) is 0.586. The van der Waals surface area contributed by atoms with E-state index in [0.29, 0.717) is 24.1 Å². The number of pyridine rings is 2. The molecule has 4 rings (SSSR count). The molecule has 1 fully saturated rings. The molecule has 8 heteroatoms. The zero-order valence-electron chi connectivity index (χ0n) is 15.8. The highest BCUT2D eigenvalue weighted by Gasteiger charge is 2.28. The molecule has 3 aromatic rings. The van der Waals surface area contributed by atoms with Crippen molar-refractivity contribution in [2.75, 3.05) is 13.1 Å². The third kappa shape index (κ3) is 3.11. The van der Waals surface area contributed by atoms with Crippen LogP contribution < -0.4 is 11.2 Å². The number of carbonyl (C=O) groups is 1. The van der Waals surface area contributed by atoms with Gasteiger partial charge in [0.1, 0.15) is 5.65 Å². The second-order valence-corrected chi connectivity index (χ2v) is 7.14. The molecule has 28 heavy (non-hydrogen) atoms. The molecule has 144 valence electrons. The average Bonchev–Trinajstić information content (AvgIpc) is 3.21. The van der Waals surface area contributed by atoms with Crippen molar-refractivity contribution in [1.82, 2.24) is 24.0 Å². The van der Waals surface area contributed by atoms with Gasteiger partial charge in [-0.2, -0.15) is 0 Å². The van der Waals surface area contributed by atoms with Crippen molar-refractivity contribution >= 4 is 16.9 Å². The first kappa shape index (κ1) is 18.1. The average molecular weight is 379 g/mol. The number of hydrogen-bond acceptors (Lipinski definition) is 5. The van der Waals surface area contributed by atoms with Gasteiger partial charge in [-0.1, -0.05) is 6.07 Å². The zero-order chi connectivity index (χ0) is 19.8. The van der Waals surface area contributed by atoms with Crippen LogP contribution in [0, 0.1) is 0 Å². The SMILES string of the molecule is Cn1c(=O)c2ccc([C@@H]3CCN(C(=O)Cc4ccccn4)C3)nc2n(C)c1=O. The fourth-order valence-electron chi connectivity index (χ4n) is 3.69. The summed E-state index contributed by atoms with van der Waals surface area (Å²) in [6.07, 6.45) is 2.76. The maximum atomic E-state index is 12.6. The number of likely N-dealkylation sites (tertiary alicyclic amines) is 1. The van der Waals surface area contributed by atoms with Crippen LogP contribution in [0.25, 0.3) is 11.0 Å². The fourth-order valence-corrected chi connectivity index (χ4v) is 3.69. The lowest BCUT2D eigenvalue weighted by atomic mass is 10.0. The largest absolute Gasteiger partial charge is 0.342 e. The van der Waals surface area contributed by atoms with E-state index in [0.717, 1.165) is 22.4 Å². The van der Waals surface area contributed by atoms with E-state index in [2.05, 4.69) is 9.97 Å². The smallest absolute Gasteiger partial charge is 0.332 e. The zero-order valence-corrected chi connectivity index (χ0v) is 15.8. The van der Waals surface area contributed by atoms with Crippen molar-refractivity contribution < 1.29 is 4.79 Å². The number of nitrogens with zero attached hydrogens (tertiary/aromatic N) is 5. The van der Waals surface area contributed by atoms with Gasteiger partial charge in [-0.05, 0) is 30.7 Å². The van der Waals surface area contributed by atoms with E-state index in [-0.39, 0.29) is 23.8 Å². The van der Waals surface area contributed by atoms with Gasteiger partial charge in [0.25, 0.3) is 5.56 Å². The maximum Gasteiger partial charge on any atom is 0.332 e. The van der Waals surface area contributed by atoms with Crippen LogP contribution in [-0.4, -0.2) is 43.0 Å². The molecule has 1 aliphatic heterocycles. The molecule has 1 saturated heterocycles. The lowest BCUT2D eigenvalue weighted by molar-refractivity contribution is -0.129. The summed E-state index contributed by atoms with van der Waals surface area (Å²) in [7, 11) is 3.07. The molecule has 0 unspecified atom stereocenters. The first-order valence-corrected chi connectivity index (χ1v) is 9.20. The molecule has 8 nitrogen and oxygen atoms in total. The summed E-state index contributed by atoms with van der Waals surface area (Å²) in [6.45, 7) is 1.23. The summed E-state index contributed by atoms with van der Waals surface area (Å²) < 4.78 is 2.47. The number of rotatable bonds is 3. The Kier molecular flexibility index (Phi) is 4.54. The highest BCUT2D eigenvalue weighted by Crippen LogP contribution is 2.27. The van der Waals surface area contributed by atoms with E-state index in [1.54, 1.807) is 19.3 Å². The summed E-state index contributed by atoms with van der Waals surface area (Å²) >= 11 is 0. The Morgan fingerprint density at radius 3 is 2.71 bits per heavy atom. The van der Waals surface area contributed by atoms with Gasteiger partial charge in [0.15, 0.2) is 0 Å². The van der Waals surface area contributed by atoms with E-state index in [1.165, 1.54) is 11.6 Å². The first-order chi connectivity index (χ1) is 13.5. The molecule has 0 saturated carbocycles. The number of aryl methyl sites for hydroxylation is 1. The minimum atomic E-state index is -0.402. The summed E-state index contributed by atoms with van der Waals surface area (Å²) in [5.74, 6) is 0.125. The number of hydrogen-bond donors (Lipinski definition) is 0. The van der Waals surface area contributed by atoms with Gasteiger partial charge in [-0.15, -0.1) is 0 Å². The molecular weight excluding hydrogens is 358 g/mol. The Bertz CT molecular complexity index is 1170. The molecule has 0 N–H and O–H groups in total. The van der Waals surface area contributed by atoms with Crippen LogP contribution in [-0.2, 0) is 25.3 Å². The van der Waals surface area contributed by atoms with Crippen LogP contribution in [0.2, 0.25) is 0 Å². The maximum absolute atomic E-state index is 12.6. The second kappa shape index (κ2) is 7.03. The summed E-state index contributed by atoms with van der Waals surface area (Å²) in [5.41, 5.74) is 1.18. The minimum Gasteiger partial charge on any atom is -0.342 e. The molecule has 4 heterocycles. The fraction of sp³-hybridized carbons (Fsp3) is 0.350. The third-order valence-corrected chi connectivity index (χ3v) is 5.34. The van der Waals surface area contributed by atoms with Gasteiger partial charge in [-0.25, -0.2) is 9.78 Å². The molecule has 1 aliphatic rings. The lowest BCUT2D eigenvalue weighted by Gasteiger charge is -2.16. The van der Waals surface area contributed by atoms with Crippen molar-refractivity contribution in [3.05, 3.63) is 68.8 Å². The van der Waals surface area contributed by atoms with Crippen molar-refractivity contribution in [2.24, 2.45) is 14.1 Å². The van der Waals surface area contributed by atoms with E-state index in [9.17, 15) is 14.4 Å². The first-order valence-electron chi connectivity index (χ1n) is 9.20. The number of amides is 1. The van der Waals surface area contributed by atoms with Crippen LogP contribution >= 0.6 is 0 Å². The lowest BCUT2D eigenvalue weighted by Crippen LogP contribution is -2.37. The minimum absolute atomic E-state index is 0.0447. The summed E-state index contributed by atoms with van der Waals surface area (Å²) in [4.78, 5) is 47.7. The quantitative estimate of drug-likeness (QED) is 0.664. The number of aromatic nitrogens is 4. The summed E-state index contributed by atoms with van der Waals surface area (Å²) in [6, 6.07) is 9.09. The Balaban J connectivity index is 1.57. The molecule has 0 aromatic carbocycles. The Morgan fingerprint density at radius 1 is 1.14 bits per heavy atom. The van der Waals surface area contributed by atoms with Gasteiger partial charge in [-0.3, -0.25) is 23.7 Å². The molecule has 3 aromatic heterocycles. The molecular formula is C20H21N5O3. The Labute approximate surface area is 161 Å². The topological polar surface area (TPSA) is 90.1 Å². The molecule has 1 amide bonds. The predicted molar refractivity (Wildman–Crippen MR) is 104 cm³/mol. The number of fused-ring (bicyclic) bond motifs is 1.